The van der Waals surface area contributed by atoms with Crippen LogP contribution in [-0.4, -0.2) is 33.8 Å². The lowest BCUT2D eigenvalue weighted by Gasteiger charge is -2.36. The molecule has 19 heavy (non-hydrogen) atoms. The first-order valence-electron chi connectivity index (χ1n) is 6.35. The van der Waals surface area contributed by atoms with Crippen molar-refractivity contribution in [3.05, 3.63) is 16.5 Å². The minimum absolute atomic E-state index is 0.187. The van der Waals surface area contributed by atoms with Gasteiger partial charge in [-0.05, 0) is 31.9 Å². The predicted molar refractivity (Wildman–Crippen MR) is 78.7 cm³/mol. The molecule has 0 radical (unpaired) electrons. The van der Waals surface area contributed by atoms with Gasteiger partial charge in [-0.15, -0.1) is 16.4 Å². The monoisotopic (exact) mass is 297 g/mol. The Balaban J connectivity index is 1.84. The van der Waals surface area contributed by atoms with E-state index >= 15 is 0 Å². The molecule has 0 aliphatic carbocycles. The molecule has 102 valence electrons. The lowest BCUT2D eigenvalue weighted by molar-refractivity contribution is 0.416. The normalized spacial score (nSPS) is 23.8. The highest BCUT2D eigenvalue weighted by Crippen LogP contribution is 2.30. The maximum absolute atomic E-state index is 6.10. The lowest BCUT2D eigenvalue weighted by atomic mass is 9.99. The molecule has 2 aromatic rings. The number of piperidine rings is 1. The third-order valence-electron chi connectivity index (χ3n) is 3.58. The maximum Gasteiger partial charge on any atom is 0.245 e. The van der Waals surface area contributed by atoms with Crippen LogP contribution in [0.2, 0.25) is 4.34 Å². The summed E-state index contributed by atoms with van der Waals surface area (Å²) in [7, 11) is 0. The highest BCUT2D eigenvalue weighted by atomic mass is 35.5. The van der Waals surface area contributed by atoms with E-state index in [0.29, 0.717) is 0 Å². The summed E-state index contributed by atoms with van der Waals surface area (Å²) in [5.41, 5.74) is 6.10. The van der Waals surface area contributed by atoms with Crippen LogP contribution in [0, 0.1) is 0 Å². The number of nitrogens with two attached hydrogens (primary N) is 1. The van der Waals surface area contributed by atoms with Gasteiger partial charge in [0.05, 0.1) is 9.21 Å². The van der Waals surface area contributed by atoms with Crippen LogP contribution in [0.4, 0.5) is 5.95 Å². The molecule has 0 bridgehead atoms. The SMILES string of the molecule is CC1C(N)CCCN1c1n[nH]c(-c2ccc(Cl)s2)n1. The van der Waals surface area contributed by atoms with Crippen LogP contribution in [-0.2, 0) is 0 Å². The molecule has 7 heteroatoms. The number of H-pyrrole nitrogens is 1. The Morgan fingerprint density at radius 2 is 2.37 bits per heavy atom. The number of nitrogens with zero attached hydrogens (tertiary/aromatic N) is 3. The number of hydrogen-bond acceptors (Lipinski definition) is 5. The molecule has 1 aliphatic heterocycles. The molecular weight excluding hydrogens is 282 g/mol. The van der Waals surface area contributed by atoms with Crippen LogP contribution in [0.25, 0.3) is 10.7 Å². The Morgan fingerprint density at radius 1 is 1.53 bits per heavy atom. The largest absolute Gasteiger partial charge is 0.335 e. The minimum Gasteiger partial charge on any atom is -0.335 e. The topological polar surface area (TPSA) is 70.8 Å². The van der Waals surface area contributed by atoms with Crippen LogP contribution in [0.5, 0.6) is 0 Å². The molecule has 3 heterocycles. The number of aromatic nitrogens is 3. The van der Waals surface area contributed by atoms with Crippen molar-refractivity contribution in [2.45, 2.75) is 31.8 Å². The number of aromatic amines is 1. The van der Waals surface area contributed by atoms with Gasteiger partial charge in [0.15, 0.2) is 5.82 Å². The van der Waals surface area contributed by atoms with Crippen molar-refractivity contribution in [1.82, 2.24) is 15.2 Å². The molecule has 1 saturated heterocycles. The van der Waals surface area contributed by atoms with Crippen LogP contribution in [0.15, 0.2) is 12.1 Å². The van der Waals surface area contributed by atoms with Crippen molar-refractivity contribution in [2.24, 2.45) is 5.73 Å². The van der Waals surface area contributed by atoms with Gasteiger partial charge in [-0.25, -0.2) is 0 Å². The van der Waals surface area contributed by atoms with Crippen LogP contribution in [0.3, 0.4) is 0 Å². The molecule has 3 N–H and O–H groups in total. The van der Waals surface area contributed by atoms with Crippen LogP contribution >= 0.6 is 22.9 Å². The smallest absolute Gasteiger partial charge is 0.245 e. The molecule has 1 aliphatic rings. The molecule has 2 unspecified atom stereocenters. The number of thiophene rings is 1. The van der Waals surface area contributed by atoms with Crippen molar-refractivity contribution >= 4 is 28.9 Å². The Kier molecular flexibility index (Phi) is 3.47. The van der Waals surface area contributed by atoms with Gasteiger partial charge >= 0.3 is 0 Å². The van der Waals surface area contributed by atoms with Crippen molar-refractivity contribution in [2.75, 3.05) is 11.4 Å². The average molecular weight is 298 g/mol. The molecule has 2 atom stereocenters. The van der Waals surface area contributed by atoms with E-state index in [4.69, 9.17) is 17.3 Å². The number of rotatable bonds is 2. The number of halogens is 1. The van der Waals surface area contributed by atoms with Crippen molar-refractivity contribution in [3.63, 3.8) is 0 Å². The van der Waals surface area contributed by atoms with E-state index in [1.165, 1.54) is 11.3 Å². The second kappa shape index (κ2) is 5.11. The number of anilines is 1. The van der Waals surface area contributed by atoms with Gasteiger partial charge < -0.3 is 10.6 Å². The average Bonchev–Trinajstić information content (AvgIpc) is 3.01. The Bertz CT molecular complexity index is 566. The molecule has 1 fully saturated rings. The quantitative estimate of drug-likeness (QED) is 0.893. The van der Waals surface area contributed by atoms with E-state index in [-0.39, 0.29) is 12.1 Å². The Labute approximate surface area is 120 Å². The molecule has 0 saturated carbocycles. The van der Waals surface area contributed by atoms with E-state index in [0.717, 1.165) is 40.4 Å². The fourth-order valence-electron chi connectivity index (χ4n) is 2.39. The zero-order valence-corrected chi connectivity index (χ0v) is 12.2. The first-order valence-corrected chi connectivity index (χ1v) is 7.55. The fourth-order valence-corrected chi connectivity index (χ4v) is 3.37. The van der Waals surface area contributed by atoms with E-state index in [1.54, 1.807) is 0 Å². The first-order chi connectivity index (χ1) is 9.15. The van der Waals surface area contributed by atoms with Crippen LogP contribution < -0.4 is 10.6 Å². The molecule has 2 aromatic heterocycles. The Morgan fingerprint density at radius 3 is 3.11 bits per heavy atom. The van der Waals surface area contributed by atoms with Crippen molar-refractivity contribution in [1.29, 1.82) is 0 Å². The summed E-state index contributed by atoms with van der Waals surface area (Å²) < 4.78 is 0.751. The summed E-state index contributed by atoms with van der Waals surface area (Å²) in [5.74, 6) is 1.49. The first kappa shape index (κ1) is 12.9. The van der Waals surface area contributed by atoms with Crippen molar-refractivity contribution < 1.29 is 0 Å². The van der Waals surface area contributed by atoms with Crippen molar-refractivity contribution in [3.8, 4) is 10.7 Å². The van der Waals surface area contributed by atoms with E-state index in [1.807, 2.05) is 12.1 Å². The third-order valence-corrected chi connectivity index (χ3v) is 4.82. The molecule has 3 rings (SSSR count). The summed E-state index contributed by atoms with van der Waals surface area (Å²) in [4.78, 5) is 7.73. The maximum atomic E-state index is 6.10. The summed E-state index contributed by atoms with van der Waals surface area (Å²) in [5, 5.41) is 7.28. The highest BCUT2D eigenvalue weighted by molar-refractivity contribution is 7.19. The second-order valence-electron chi connectivity index (χ2n) is 4.83. The zero-order chi connectivity index (χ0) is 13.4. The van der Waals surface area contributed by atoms with Gasteiger partial charge in [-0.2, -0.15) is 4.98 Å². The molecule has 5 nitrogen and oxygen atoms in total. The molecule has 0 aromatic carbocycles. The Hall–Kier alpha value is -1.11. The van der Waals surface area contributed by atoms with Gasteiger partial charge in [0, 0.05) is 18.6 Å². The molecule has 0 spiro atoms. The van der Waals surface area contributed by atoms with Gasteiger partial charge in [0.2, 0.25) is 5.95 Å². The number of nitrogens with one attached hydrogen (secondary N) is 1. The standard InChI is InChI=1S/C12H16ClN5S/c1-7-8(14)3-2-6-18(7)12-15-11(16-17-12)9-4-5-10(13)19-9/h4-5,7-8H,2-3,6,14H2,1H3,(H,15,16,17). The molecule has 0 amide bonds. The van der Waals surface area contributed by atoms with E-state index < -0.39 is 0 Å². The van der Waals surface area contributed by atoms with Gasteiger partial charge in [-0.3, -0.25) is 5.10 Å². The third kappa shape index (κ3) is 2.48. The van der Waals surface area contributed by atoms with Crippen LogP contribution in [0.1, 0.15) is 19.8 Å². The minimum atomic E-state index is 0.187. The fraction of sp³-hybridized carbons (Fsp3) is 0.500. The predicted octanol–water partition coefficient (Wildman–Crippen LogP) is 2.50. The van der Waals surface area contributed by atoms with Gasteiger partial charge in [0.1, 0.15) is 0 Å². The summed E-state index contributed by atoms with van der Waals surface area (Å²) in [6, 6.07) is 4.27. The summed E-state index contributed by atoms with van der Waals surface area (Å²) in [6.45, 7) is 3.08. The van der Waals surface area contributed by atoms with Gasteiger partial charge in [-0.1, -0.05) is 11.6 Å². The summed E-state index contributed by atoms with van der Waals surface area (Å²) >= 11 is 7.43. The molecular formula is C12H16ClN5S. The van der Waals surface area contributed by atoms with E-state index in [9.17, 15) is 0 Å². The summed E-state index contributed by atoms with van der Waals surface area (Å²) in [6.07, 6.45) is 2.15. The zero-order valence-electron chi connectivity index (χ0n) is 10.6. The number of hydrogen-bond donors (Lipinski definition) is 2. The second-order valence-corrected chi connectivity index (χ2v) is 6.54. The van der Waals surface area contributed by atoms with Gasteiger partial charge in [0.25, 0.3) is 0 Å². The highest BCUT2D eigenvalue weighted by Gasteiger charge is 2.27. The van der Waals surface area contributed by atoms with E-state index in [2.05, 4.69) is 27.0 Å². The lowest BCUT2D eigenvalue weighted by Crippen LogP contribution is -2.50.